The lowest BCUT2D eigenvalue weighted by molar-refractivity contribution is 0.100. The smallest absolute Gasteiger partial charge is 0.280 e. The van der Waals surface area contributed by atoms with Gasteiger partial charge in [-0.3, -0.25) is 4.79 Å². The molecule has 0 aliphatic carbocycles. The van der Waals surface area contributed by atoms with Crippen molar-refractivity contribution in [1.29, 1.82) is 0 Å². The Morgan fingerprint density at radius 2 is 2.00 bits per heavy atom. The fourth-order valence-electron chi connectivity index (χ4n) is 2.44. The number of rotatable bonds is 2. The molecule has 23 heavy (non-hydrogen) atoms. The first kappa shape index (κ1) is 14.8. The molecule has 116 valence electrons. The van der Waals surface area contributed by atoms with Crippen LogP contribution in [0.5, 0.6) is 5.75 Å². The van der Waals surface area contributed by atoms with Crippen LogP contribution in [0.3, 0.4) is 0 Å². The minimum Gasteiger partial charge on any atom is -0.489 e. The lowest BCUT2D eigenvalue weighted by atomic mass is 9.94. The highest BCUT2D eigenvalue weighted by molar-refractivity contribution is 6.03. The number of benzene rings is 2. The molecule has 0 atom stereocenters. The standard InChI is InChI=1S/C17H14FN3O2/c18-12-3-1-2-10(8-12)13-6-7-23-15-5-4-11(9-14(13)15)16(22)21-17(19)20/h1-6,8-9H,7H2,(H4,19,20,21,22). The molecule has 1 aliphatic heterocycles. The zero-order valence-corrected chi connectivity index (χ0v) is 12.1. The van der Waals surface area contributed by atoms with Crippen LogP contribution in [0, 0.1) is 5.82 Å². The molecule has 6 heteroatoms. The molecule has 1 aliphatic rings. The van der Waals surface area contributed by atoms with Crippen molar-refractivity contribution in [3.8, 4) is 5.75 Å². The molecule has 0 unspecified atom stereocenters. The summed E-state index contributed by atoms with van der Waals surface area (Å²) in [6.45, 7) is 0.375. The SMILES string of the molecule is NC(N)=NC(=O)c1ccc2c(c1)C(c1cccc(F)c1)=CCO2. The third kappa shape index (κ3) is 3.06. The first-order chi connectivity index (χ1) is 11.0. The van der Waals surface area contributed by atoms with Gasteiger partial charge in [0.15, 0.2) is 5.96 Å². The van der Waals surface area contributed by atoms with Gasteiger partial charge in [0.2, 0.25) is 0 Å². The van der Waals surface area contributed by atoms with Crippen molar-refractivity contribution in [3.05, 3.63) is 71.0 Å². The summed E-state index contributed by atoms with van der Waals surface area (Å²) in [6.07, 6.45) is 1.84. The summed E-state index contributed by atoms with van der Waals surface area (Å²) in [5.74, 6) is -0.556. The molecule has 0 saturated heterocycles. The van der Waals surface area contributed by atoms with Gasteiger partial charge in [-0.1, -0.05) is 12.1 Å². The van der Waals surface area contributed by atoms with Crippen molar-refractivity contribution in [3.63, 3.8) is 0 Å². The third-order valence-electron chi connectivity index (χ3n) is 3.41. The predicted molar refractivity (Wildman–Crippen MR) is 85.6 cm³/mol. The molecule has 0 radical (unpaired) electrons. The third-order valence-corrected chi connectivity index (χ3v) is 3.41. The van der Waals surface area contributed by atoms with Crippen LogP contribution >= 0.6 is 0 Å². The Balaban J connectivity index is 2.07. The van der Waals surface area contributed by atoms with Crippen molar-refractivity contribution < 1.29 is 13.9 Å². The van der Waals surface area contributed by atoms with E-state index >= 15 is 0 Å². The van der Waals surface area contributed by atoms with E-state index in [1.807, 2.05) is 6.08 Å². The first-order valence-electron chi connectivity index (χ1n) is 6.92. The largest absolute Gasteiger partial charge is 0.489 e. The van der Waals surface area contributed by atoms with E-state index in [-0.39, 0.29) is 11.8 Å². The van der Waals surface area contributed by atoms with Gasteiger partial charge in [0.25, 0.3) is 5.91 Å². The number of halogens is 1. The van der Waals surface area contributed by atoms with E-state index in [0.29, 0.717) is 29.0 Å². The van der Waals surface area contributed by atoms with Crippen LogP contribution in [0.2, 0.25) is 0 Å². The van der Waals surface area contributed by atoms with Gasteiger partial charge in [0.1, 0.15) is 18.2 Å². The number of nitrogens with zero attached hydrogens (tertiary/aromatic N) is 1. The maximum absolute atomic E-state index is 13.5. The summed E-state index contributed by atoms with van der Waals surface area (Å²) in [4.78, 5) is 15.5. The van der Waals surface area contributed by atoms with Crippen LogP contribution in [0.25, 0.3) is 5.57 Å². The average molecular weight is 311 g/mol. The number of hydrogen-bond acceptors (Lipinski definition) is 2. The molecule has 2 aromatic carbocycles. The van der Waals surface area contributed by atoms with Crippen LogP contribution in [0.1, 0.15) is 21.5 Å². The number of carbonyl (C=O) groups excluding carboxylic acids is 1. The van der Waals surface area contributed by atoms with E-state index in [2.05, 4.69) is 4.99 Å². The minimum absolute atomic E-state index is 0.301. The maximum Gasteiger partial charge on any atom is 0.280 e. The monoisotopic (exact) mass is 311 g/mol. The highest BCUT2D eigenvalue weighted by atomic mass is 19.1. The molecule has 0 bridgehead atoms. The van der Waals surface area contributed by atoms with E-state index in [4.69, 9.17) is 16.2 Å². The van der Waals surface area contributed by atoms with Crippen LogP contribution in [-0.4, -0.2) is 18.5 Å². The Morgan fingerprint density at radius 3 is 2.74 bits per heavy atom. The highest BCUT2D eigenvalue weighted by Crippen LogP contribution is 2.35. The molecule has 0 spiro atoms. The van der Waals surface area contributed by atoms with Crippen molar-refractivity contribution in [2.75, 3.05) is 6.61 Å². The Kier molecular flexibility index (Phi) is 3.80. The molecule has 0 aromatic heterocycles. The van der Waals surface area contributed by atoms with Gasteiger partial charge >= 0.3 is 0 Å². The van der Waals surface area contributed by atoms with E-state index in [1.165, 1.54) is 12.1 Å². The Hall–Kier alpha value is -3.15. The summed E-state index contributed by atoms with van der Waals surface area (Å²) in [7, 11) is 0. The number of ether oxygens (including phenoxy) is 1. The number of amides is 1. The minimum atomic E-state index is -0.544. The molecule has 0 saturated carbocycles. The normalized spacial score (nSPS) is 12.7. The summed E-state index contributed by atoms with van der Waals surface area (Å²) in [5, 5.41) is 0. The number of guanidine groups is 1. The number of aliphatic imine (C=N–C) groups is 1. The molecular weight excluding hydrogens is 297 g/mol. The topological polar surface area (TPSA) is 90.7 Å². The fraction of sp³-hybridized carbons (Fsp3) is 0.0588. The van der Waals surface area contributed by atoms with Crippen LogP contribution < -0.4 is 16.2 Å². The average Bonchev–Trinajstić information content (AvgIpc) is 2.53. The molecule has 0 fully saturated rings. The second kappa shape index (κ2) is 5.92. The zero-order chi connectivity index (χ0) is 16.4. The quantitative estimate of drug-likeness (QED) is 0.656. The van der Waals surface area contributed by atoms with E-state index < -0.39 is 5.91 Å². The van der Waals surface area contributed by atoms with Gasteiger partial charge in [-0.05, 0) is 47.5 Å². The van der Waals surface area contributed by atoms with E-state index in [9.17, 15) is 9.18 Å². The second-order valence-corrected chi connectivity index (χ2v) is 4.99. The van der Waals surface area contributed by atoms with Crippen LogP contribution in [0.4, 0.5) is 4.39 Å². The Labute approximate surface area is 132 Å². The molecule has 5 nitrogen and oxygen atoms in total. The van der Waals surface area contributed by atoms with Gasteiger partial charge in [-0.25, -0.2) is 4.39 Å². The second-order valence-electron chi connectivity index (χ2n) is 4.99. The van der Waals surface area contributed by atoms with Crippen LogP contribution in [0.15, 0.2) is 53.5 Å². The lowest BCUT2D eigenvalue weighted by Crippen LogP contribution is -2.24. The number of nitrogens with two attached hydrogens (primary N) is 2. The Morgan fingerprint density at radius 1 is 1.17 bits per heavy atom. The van der Waals surface area contributed by atoms with Gasteiger partial charge < -0.3 is 16.2 Å². The Bertz CT molecular complexity index is 839. The molecule has 1 heterocycles. The van der Waals surface area contributed by atoms with Crippen molar-refractivity contribution in [2.24, 2.45) is 16.5 Å². The predicted octanol–water partition coefficient (Wildman–Crippen LogP) is 2.06. The summed E-state index contributed by atoms with van der Waals surface area (Å²) in [5.41, 5.74) is 13.0. The molecular formula is C17H14FN3O2. The lowest BCUT2D eigenvalue weighted by Gasteiger charge is -2.19. The fourth-order valence-corrected chi connectivity index (χ4v) is 2.44. The van der Waals surface area contributed by atoms with Gasteiger partial charge in [-0.2, -0.15) is 4.99 Å². The molecule has 4 N–H and O–H groups in total. The van der Waals surface area contributed by atoms with Crippen molar-refractivity contribution in [2.45, 2.75) is 0 Å². The number of fused-ring (bicyclic) bond motifs is 1. The molecule has 3 rings (SSSR count). The number of hydrogen-bond donors (Lipinski definition) is 2. The maximum atomic E-state index is 13.5. The van der Waals surface area contributed by atoms with Gasteiger partial charge in [0, 0.05) is 11.1 Å². The van der Waals surface area contributed by atoms with E-state index in [1.54, 1.807) is 30.3 Å². The summed E-state index contributed by atoms with van der Waals surface area (Å²) in [6, 6.07) is 11.2. The van der Waals surface area contributed by atoms with Crippen molar-refractivity contribution in [1.82, 2.24) is 0 Å². The molecule has 2 aromatic rings. The van der Waals surface area contributed by atoms with Gasteiger partial charge in [0.05, 0.1) is 0 Å². The summed E-state index contributed by atoms with van der Waals surface area (Å²) >= 11 is 0. The van der Waals surface area contributed by atoms with Crippen LogP contribution in [-0.2, 0) is 0 Å². The van der Waals surface area contributed by atoms with Gasteiger partial charge in [-0.15, -0.1) is 0 Å². The summed E-state index contributed by atoms with van der Waals surface area (Å²) < 4.78 is 19.0. The first-order valence-corrected chi connectivity index (χ1v) is 6.92. The zero-order valence-electron chi connectivity index (χ0n) is 12.1. The molecule has 1 amide bonds. The van der Waals surface area contributed by atoms with Crippen molar-refractivity contribution >= 4 is 17.4 Å². The highest BCUT2D eigenvalue weighted by Gasteiger charge is 2.18. The van der Waals surface area contributed by atoms with E-state index in [0.717, 1.165) is 5.57 Å². The number of carbonyl (C=O) groups is 1.